The van der Waals surface area contributed by atoms with Crippen LogP contribution in [0.1, 0.15) is 15.9 Å². The summed E-state index contributed by atoms with van der Waals surface area (Å²) in [5.74, 6) is -0.731. The second kappa shape index (κ2) is 7.17. The summed E-state index contributed by atoms with van der Waals surface area (Å²) >= 11 is 3.24. The third kappa shape index (κ3) is 4.14. The Morgan fingerprint density at radius 2 is 2.09 bits per heavy atom. The number of hydrogen-bond donors (Lipinski definition) is 1. The first-order valence-electron chi connectivity index (χ1n) is 6.43. The topological polar surface area (TPSA) is 55.4 Å². The van der Waals surface area contributed by atoms with E-state index in [0.717, 1.165) is 10.0 Å². The van der Waals surface area contributed by atoms with Crippen molar-refractivity contribution in [3.63, 3.8) is 0 Å². The van der Waals surface area contributed by atoms with Crippen LogP contribution in [-0.4, -0.2) is 18.8 Å². The molecule has 6 heteroatoms. The number of carbonyl (C=O) groups is 2. The number of rotatable bonds is 5. The summed E-state index contributed by atoms with van der Waals surface area (Å²) < 4.78 is 19.7. The van der Waals surface area contributed by atoms with Crippen LogP contribution < -0.4 is 10.1 Å². The molecule has 2 aromatic rings. The Balaban J connectivity index is 2.00. The fourth-order valence-electron chi connectivity index (χ4n) is 1.79. The van der Waals surface area contributed by atoms with Gasteiger partial charge in [0, 0.05) is 4.47 Å². The van der Waals surface area contributed by atoms with Crippen molar-refractivity contribution < 1.29 is 18.7 Å². The number of halogens is 2. The first kappa shape index (κ1) is 16.2. The molecule has 0 saturated carbocycles. The van der Waals surface area contributed by atoms with E-state index in [0.29, 0.717) is 11.8 Å². The Bertz CT molecular complexity index is 719. The molecule has 0 aromatic heterocycles. The van der Waals surface area contributed by atoms with Crippen molar-refractivity contribution >= 4 is 33.8 Å². The van der Waals surface area contributed by atoms with E-state index in [2.05, 4.69) is 21.2 Å². The van der Waals surface area contributed by atoms with Crippen LogP contribution in [0.2, 0.25) is 0 Å². The predicted molar refractivity (Wildman–Crippen MR) is 84.8 cm³/mol. The zero-order chi connectivity index (χ0) is 16.1. The predicted octanol–water partition coefficient (Wildman–Crippen LogP) is 3.73. The van der Waals surface area contributed by atoms with Gasteiger partial charge in [-0.1, -0.05) is 22.0 Å². The van der Waals surface area contributed by atoms with Crippen LogP contribution in [0.15, 0.2) is 40.9 Å². The molecule has 0 spiro atoms. The van der Waals surface area contributed by atoms with Crippen LogP contribution in [0.25, 0.3) is 0 Å². The van der Waals surface area contributed by atoms with E-state index in [-0.39, 0.29) is 18.0 Å². The highest BCUT2D eigenvalue weighted by Crippen LogP contribution is 2.22. The van der Waals surface area contributed by atoms with E-state index in [4.69, 9.17) is 4.74 Å². The fourth-order valence-corrected chi connectivity index (χ4v) is 2.17. The molecule has 2 aromatic carbocycles. The number of anilines is 1. The van der Waals surface area contributed by atoms with Crippen LogP contribution in [0.5, 0.6) is 5.75 Å². The van der Waals surface area contributed by atoms with E-state index in [1.807, 2.05) is 0 Å². The summed E-state index contributed by atoms with van der Waals surface area (Å²) in [7, 11) is 0. The molecule has 1 N–H and O–H groups in total. The lowest BCUT2D eigenvalue weighted by atomic mass is 10.2. The van der Waals surface area contributed by atoms with Gasteiger partial charge >= 0.3 is 0 Å². The van der Waals surface area contributed by atoms with Gasteiger partial charge in [0.2, 0.25) is 0 Å². The second-order valence-electron chi connectivity index (χ2n) is 4.62. The van der Waals surface area contributed by atoms with Crippen molar-refractivity contribution in [1.29, 1.82) is 0 Å². The van der Waals surface area contributed by atoms with Crippen LogP contribution >= 0.6 is 15.9 Å². The number of nitrogens with one attached hydrogen (secondary N) is 1. The lowest BCUT2D eigenvalue weighted by Gasteiger charge is -2.10. The minimum atomic E-state index is -0.512. The molecule has 0 aliphatic heterocycles. The van der Waals surface area contributed by atoms with Gasteiger partial charge in [-0.25, -0.2) is 4.39 Å². The highest BCUT2D eigenvalue weighted by Gasteiger charge is 2.10. The molecule has 0 bridgehead atoms. The van der Waals surface area contributed by atoms with Gasteiger partial charge < -0.3 is 10.1 Å². The number of benzene rings is 2. The van der Waals surface area contributed by atoms with E-state index < -0.39 is 11.7 Å². The highest BCUT2D eigenvalue weighted by molar-refractivity contribution is 9.10. The van der Waals surface area contributed by atoms with E-state index in [9.17, 15) is 14.0 Å². The molecule has 1 amide bonds. The van der Waals surface area contributed by atoms with E-state index in [1.54, 1.807) is 31.2 Å². The first-order valence-corrected chi connectivity index (χ1v) is 7.22. The molecule has 2 rings (SSSR count). The van der Waals surface area contributed by atoms with Gasteiger partial charge in [0.05, 0.1) is 11.3 Å². The summed E-state index contributed by atoms with van der Waals surface area (Å²) in [6.45, 7) is 1.43. The highest BCUT2D eigenvalue weighted by atomic mass is 79.9. The Morgan fingerprint density at radius 1 is 1.32 bits per heavy atom. The molecule has 4 nitrogen and oxygen atoms in total. The molecule has 0 radical (unpaired) electrons. The minimum Gasteiger partial charge on any atom is -0.483 e. The van der Waals surface area contributed by atoms with Gasteiger partial charge in [0.25, 0.3) is 5.91 Å². The van der Waals surface area contributed by atoms with Gasteiger partial charge in [0.15, 0.2) is 12.9 Å². The number of amides is 1. The summed E-state index contributed by atoms with van der Waals surface area (Å²) in [5, 5.41) is 2.42. The Hall–Kier alpha value is -2.21. The summed E-state index contributed by atoms with van der Waals surface area (Å²) in [6.07, 6.45) is 0.637. The van der Waals surface area contributed by atoms with Crippen LogP contribution in [0, 0.1) is 12.7 Å². The monoisotopic (exact) mass is 365 g/mol. The van der Waals surface area contributed by atoms with Gasteiger partial charge in [-0.05, 0) is 42.8 Å². The molecule has 0 saturated heterocycles. The molecule has 114 valence electrons. The van der Waals surface area contributed by atoms with Crippen LogP contribution in [-0.2, 0) is 4.79 Å². The van der Waals surface area contributed by atoms with Crippen LogP contribution in [0.3, 0.4) is 0 Å². The quantitative estimate of drug-likeness (QED) is 0.821. The average Bonchev–Trinajstić information content (AvgIpc) is 2.48. The molecule has 0 aliphatic rings. The third-order valence-corrected chi connectivity index (χ3v) is 3.35. The first-order chi connectivity index (χ1) is 10.5. The molecule has 0 fully saturated rings. The maximum atomic E-state index is 13.6. The van der Waals surface area contributed by atoms with Crippen molar-refractivity contribution in [1.82, 2.24) is 0 Å². The number of aldehydes is 1. The molecule has 0 atom stereocenters. The van der Waals surface area contributed by atoms with E-state index >= 15 is 0 Å². The van der Waals surface area contributed by atoms with Gasteiger partial charge in [-0.3, -0.25) is 9.59 Å². The summed E-state index contributed by atoms with van der Waals surface area (Å²) in [6, 6.07) is 9.36. The second-order valence-corrected chi connectivity index (χ2v) is 5.54. The third-order valence-electron chi connectivity index (χ3n) is 2.86. The van der Waals surface area contributed by atoms with Crippen LogP contribution in [0.4, 0.5) is 10.1 Å². The lowest BCUT2D eigenvalue weighted by Crippen LogP contribution is -2.21. The van der Waals surface area contributed by atoms with Gasteiger partial charge in [0.1, 0.15) is 11.6 Å². The van der Waals surface area contributed by atoms with Crippen molar-refractivity contribution in [2.75, 3.05) is 11.9 Å². The zero-order valence-electron chi connectivity index (χ0n) is 11.7. The minimum absolute atomic E-state index is 0.0885. The van der Waals surface area contributed by atoms with Crippen molar-refractivity contribution in [2.24, 2.45) is 0 Å². The maximum Gasteiger partial charge on any atom is 0.262 e. The lowest BCUT2D eigenvalue weighted by molar-refractivity contribution is -0.118. The van der Waals surface area contributed by atoms with Crippen molar-refractivity contribution in [3.8, 4) is 5.75 Å². The van der Waals surface area contributed by atoms with E-state index in [1.165, 1.54) is 12.1 Å². The molecule has 22 heavy (non-hydrogen) atoms. The van der Waals surface area contributed by atoms with Crippen molar-refractivity contribution in [3.05, 3.63) is 57.8 Å². The SMILES string of the molecule is Cc1ccc(NC(=O)COc2ccc(Br)cc2C=O)c(F)c1. The number of ether oxygens (including phenoxy) is 1. The molecular formula is C16H13BrFNO3. The normalized spacial score (nSPS) is 10.1. The smallest absolute Gasteiger partial charge is 0.262 e. The standard InChI is InChI=1S/C16H13BrFNO3/c1-10-2-4-14(13(18)6-10)19-16(21)9-22-15-5-3-12(17)7-11(15)8-20/h2-8H,9H2,1H3,(H,19,21). The largest absolute Gasteiger partial charge is 0.483 e. The Morgan fingerprint density at radius 3 is 2.77 bits per heavy atom. The number of aryl methyl sites for hydroxylation is 1. The molecular weight excluding hydrogens is 353 g/mol. The van der Waals surface area contributed by atoms with Gasteiger partial charge in [-0.2, -0.15) is 0 Å². The molecule has 0 heterocycles. The molecule has 0 unspecified atom stereocenters. The summed E-state index contributed by atoms with van der Waals surface area (Å²) in [4.78, 5) is 22.7. The summed E-state index contributed by atoms with van der Waals surface area (Å²) in [5.41, 5.74) is 1.17. The van der Waals surface area contributed by atoms with Crippen molar-refractivity contribution in [2.45, 2.75) is 6.92 Å². The van der Waals surface area contributed by atoms with Gasteiger partial charge in [-0.15, -0.1) is 0 Å². The molecule has 0 aliphatic carbocycles. The fraction of sp³-hybridized carbons (Fsp3) is 0.125. The number of carbonyl (C=O) groups excluding carboxylic acids is 2. The Kier molecular flexibility index (Phi) is 5.27. The average molecular weight is 366 g/mol. The Labute approximate surface area is 135 Å². The maximum absolute atomic E-state index is 13.6. The number of hydrogen-bond acceptors (Lipinski definition) is 3. The zero-order valence-corrected chi connectivity index (χ0v) is 13.3.